The number of fused-ring (bicyclic) bond motifs is 1. The van der Waals surface area contributed by atoms with Gasteiger partial charge in [0.15, 0.2) is 5.65 Å². The fraction of sp³-hybridized carbons (Fsp3) is 0.643. The molecule has 1 fully saturated rings. The predicted octanol–water partition coefficient (Wildman–Crippen LogP) is 1.98. The largest absolute Gasteiger partial charge is 0.352 e. The van der Waals surface area contributed by atoms with Crippen molar-refractivity contribution < 1.29 is 8.78 Å². The van der Waals surface area contributed by atoms with Gasteiger partial charge in [0, 0.05) is 25.2 Å². The summed E-state index contributed by atoms with van der Waals surface area (Å²) in [5.74, 6) is 0.272. The third-order valence-corrected chi connectivity index (χ3v) is 4.26. The average Bonchev–Trinajstić information content (AvgIpc) is 2.89. The number of hydrogen-bond acceptors (Lipinski definition) is 5. The summed E-state index contributed by atoms with van der Waals surface area (Å²) in [4.78, 5) is 4.56. The lowest BCUT2D eigenvalue weighted by Crippen LogP contribution is -2.56. The molecule has 0 saturated carbocycles. The van der Waals surface area contributed by atoms with Crippen LogP contribution in [0.15, 0.2) is 12.1 Å². The minimum absolute atomic E-state index is 0.340. The first-order valence-electron chi connectivity index (χ1n) is 7.52. The minimum atomic E-state index is -2.69. The smallest absolute Gasteiger partial charge is 0.299 e. The zero-order valence-corrected chi connectivity index (χ0v) is 12.9. The maximum absolute atomic E-state index is 12.9. The number of alkyl halides is 2. The van der Waals surface area contributed by atoms with Crippen molar-refractivity contribution in [2.45, 2.75) is 39.3 Å². The molecule has 2 atom stereocenters. The Balaban J connectivity index is 1.92. The summed E-state index contributed by atoms with van der Waals surface area (Å²) in [6.07, 6.45) is -2.69. The fourth-order valence-corrected chi connectivity index (χ4v) is 3.27. The van der Waals surface area contributed by atoms with Crippen molar-refractivity contribution in [1.29, 1.82) is 0 Å². The van der Waals surface area contributed by atoms with E-state index in [9.17, 15) is 8.78 Å². The molecule has 0 amide bonds. The Morgan fingerprint density at radius 1 is 1.18 bits per heavy atom. The second-order valence-corrected chi connectivity index (χ2v) is 5.75. The lowest BCUT2D eigenvalue weighted by atomic mass is 10.1. The van der Waals surface area contributed by atoms with Gasteiger partial charge in [0.2, 0.25) is 5.82 Å². The van der Waals surface area contributed by atoms with Crippen LogP contribution in [-0.4, -0.2) is 56.4 Å². The average molecular weight is 310 g/mol. The van der Waals surface area contributed by atoms with Crippen LogP contribution < -0.4 is 4.90 Å². The molecule has 3 rings (SSSR count). The second kappa shape index (κ2) is 5.75. The highest BCUT2D eigenvalue weighted by Crippen LogP contribution is 2.22. The van der Waals surface area contributed by atoms with Crippen molar-refractivity contribution in [1.82, 2.24) is 24.7 Å². The third kappa shape index (κ3) is 2.51. The number of piperazine rings is 1. The molecule has 3 heterocycles. The monoisotopic (exact) mass is 310 g/mol. The molecule has 22 heavy (non-hydrogen) atoms. The van der Waals surface area contributed by atoms with Gasteiger partial charge < -0.3 is 4.90 Å². The Morgan fingerprint density at radius 3 is 2.45 bits per heavy atom. The topological polar surface area (TPSA) is 49.6 Å². The highest BCUT2D eigenvalue weighted by atomic mass is 19.3. The van der Waals surface area contributed by atoms with E-state index < -0.39 is 12.2 Å². The second-order valence-electron chi connectivity index (χ2n) is 5.75. The van der Waals surface area contributed by atoms with Crippen molar-refractivity contribution in [3.05, 3.63) is 18.0 Å². The van der Waals surface area contributed by atoms with Crippen LogP contribution in [0, 0.1) is 0 Å². The molecule has 120 valence electrons. The van der Waals surface area contributed by atoms with Gasteiger partial charge in [-0.3, -0.25) is 4.90 Å². The Hall–Kier alpha value is -1.83. The molecule has 1 saturated heterocycles. The number of anilines is 1. The Bertz CT molecular complexity index is 646. The zero-order chi connectivity index (χ0) is 15.9. The first-order valence-corrected chi connectivity index (χ1v) is 7.52. The number of aromatic nitrogens is 4. The molecule has 0 unspecified atom stereocenters. The van der Waals surface area contributed by atoms with Crippen molar-refractivity contribution in [2.75, 3.05) is 24.5 Å². The van der Waals surface area contributed by atoms with Gasteiger partial charge in [-0.05, 0) is 32.5 Å². The van der Waals surface area contributed by atoms with Gasteiger partial charge in [0.25, 0.3) is 6.43 Å². The fourth-order valence-electron chi connectivity index (χ4n) is 3.27. The van der Waals surface area contributed by atoms with E-state index >= 15 is 0 Å². The standard InChI is InChI=1S/C14H20F2N6/c1-4-21-9(2)7-20(8-10(21)3)12-6-5-11-17-18-14(13(15)16)22(11)19-12/h5-6,9-10,13H,4,7-8H2,1-3H3/t9-,10+. The number of likely N-dealkylation sites (N-methyl/N-ethyl adjacent to an activating group) is 1. The highest BCUT2D eigenvalue weighted by Gasteiger charge is 2.29. The Kier molecular flexibility index (Phi) is 3.94. The molecule has 0 spiro atoms. The van der Waals surface area contributed by atoms with Crippen molar-refractivity contribution in [3.8, 4) is 0 Å². The van der Waals surface area contributed by atoms with E-state index in [0.29, 0.717) is 23.5 Å². The molecule has 0 aromatic carbocycles. The molecule has 2 aromatic rings. The van der Waals surface area contributed by atoms with Crippen molar-refractivity contribution in [3.63, 3.8) is 0 Å². The summed E-state index contributed by atoms with van der Waals surface area (Å²) in [5.41, 5.74) is 0.340. The van der Waals surface area contributed by atoms with Crippen molar-refractivity contribution >= 4 is 11.5 Å². The lowest BCUT2D eigenvalue weighted by molar-refractivity contribution is 0.136. The van der Waals surface area contributed by atoms with Crippen LogP contribution in [0.4, 0.5) is 14.6 Å². The molecule has 6 nitrogen and oxygen atoms in total. The van der Waals surface area contributed by atoms with Gasteiger partial charge in [-0.15, -0.1) is 15.3 Å². The molecular formula is C14H20F2N6. The van der Waals surface area contributed by atoms with Gasteiger partial charge in [-0.25, -0.2) is 8.78 Å². The third-order valence-electron chi connectivity index (χ3n) is 4.26. The zero-order valence-electron chi connectivity index (χ0n) is 12.9. The van der Waals surface area contributed by atoms with E-state index in [1.807, 2.05) is 6.07 Å². The Labute approximate surface area is 127 Å². The molecule has 2 aromatic heterocycles. The van der Waals surface area contributed by atoms with E-state index in [2.05, 4.69) is 45.9 Å². The van der Waals surface area contributed by atoms with Crippen LogP contribution in [0.2, 0.25) is 0 Å². The van der Waals surface area contributed by atoms with Crippen LogP contribution in [0.3, 0.4) is 0 Å². The SMILES string of the molecule is CCN1[C@H](C)CN(c2ccc3nnc(C(F)F)n3n2)C[C@@H]1C. The number of rotatable bonds is 3. The van der Waals surface area contributed by atoms with E-state index in [-0.39, 0.29) is 0 Å². The molecule has 0 bridgehead atoms. The molecule has 0 aliphatic carbocycles. The first-order chi connectivity index (χ1) is 10.5. The highest BCUT2D eigenvalue weighted by molar-refractivity contribution is 5.46. The maximum Gasteiger partial charge on any atom is 0.299 e. The van der Waals surface area contributed by atoms with Crippen LogP contribution in [0.25, 0.3) is 5.65 Å². The summed E-state index contributed by atoms with van der Waals surface area (Å²) < 4.78 is 27.0. The number of nitrogens with zero attached hydrogens (tertiary/aromatic N) is 6. The van der Waals surface area contributed by atoms with E-state index in [4.69, 9.17) is 0 Å². The molecule has 0 N–H and O–H groups in total. The van der Waals surface area contributed by atoms with Crippen LogP contribution in [0.1, 0.15) is 33.0 Å². The minimum Gasteiger partial charge on any atom is -0.352 e. The molecule has 8 heteroatoms. The summed E-state index contributed by atoms with van der Waals surface area (Å²) >= 11 is 0. The van der Waals surface area contributed by atoms with Gasteiger partial charge in [-0.1, -0.05) is 6.92 Å². The molecule has 1 aliphatic heterocycles. The van der Waals surface area contributed by atoms with Crippen molar-refractivity contribution in [2.24, 2.45) is 0 Å². The number of halogens is 2. The summed E-state index contributed by atoms with van der Waals surface area (Å²) in [6.45, 7) is 9.15. The molecule has 0 radical (unpaired) electrons. The molecule has 1 aliphatic rings. The molecular weight excluding hydrogens is 290 g/mol. The summed E-state index contributed by atoms with van der Waals surface area (Å²) in [7, 11) is 0. The van der Waals surface area contributed by atoms with Gasteiger partial charge >= 0.3 is 0 Å². The predicted molar refractivity (Wildman–Crippen MR) is 79.3 cm³/mol. The summed E-state index contributed by atoms with van der Waals surface area (Å²) in [5, 5.41) is 11.6. The van der Waals surface area contributed by atoms with Crippen LogP contribution in [-0.2, 0) is 0 Å². The first kappa shape index (κ1) is 15.1. The van der Waals surface area contributed by atoms with Crippen LogP contribution in [0.5, 0.6) is 0 Å². The van der Waals surface area contributed by atoms with Gasteiger partial charge in [0.1, 0.15) is 5.82 Å². The van der Waals surface area contributed by atoms with Crippen LogP contribution >= 0.6 is 0 Å². The van der Waals surface area contributed by atoms with Gasteiger partial charge in [0.05, 0.1) is 0 Å². The van der Waals surface area contributed by atoms with E-state index in [1.165, 1.54) is 0 Å². The van der Waals surface area contributed by atoms with E-state index in [1.54, 1.807) is 6.07 Å². The Morgan fingerprint density at radius 2 is 1.86 bits per heavy atom. The number of hydrogen-bond donors (Lipinski definition) is 0. The lowest BCUT2D eigenvalue weighted by Gasteiger charge is -2.44. The normalized spacial score (nSPS) is 23.6. The summed E-state index contributed by atoms with van der Waals surface area (Å²) in [6, 6.07) is 4.28. The van der Waals surface area contributed by atoms with E-state index in [0.717, 1.165) is 24.1 Å². The van der Waals surface area contributed by atoms with Gasteiger partial charge in [-0.2, -0.15) is 4.52 Å². The quantitative estimate of drug-likeness (QED) is 0.867. The maximum atomic E-state index is 12.9.